The Morgan fingerprint density at radius 3 is 2.81 bits per heavy atom. The number of benzene rings is 1. The van der Waals surface area contributed by atoms with Gasteiger partial charge in [0, 0.05) is 23.7 Å². The van der Waals surface area contributed by atoms with Gasteiger partial charge >= 0.3 is 0 Å². The maximum atomic E-state index is 13.2. The van der Waals surface area contributed by atoms with E-state index in [-0.39, 0.29) is 11.8 Å². The van der Waals surface area contributed by atoms with Gasteiger partial charge in [-0.25, -0.2) is 4.39 Å². The summed E-state index contributed by atoms with van der Waals surface area (Å²) >= 11 is 9.92. The van der Waals surface area contributed by atoms with E-state index in [9.17, 15) is 9.18 Å². The Bertz CT molecular complexity index is 406. The van der Waals surface area contributed by atoms with Crippen molar-refractivity contribution in [3.63, 3.8) is 0 Å². The number of hydrogen-bond acceptors (Lipinski definition) is 2. The van der Waals surface area contributed by atoms with Crippen LogP contribution in [0.15, 0.2) is 18.2 Å². The van der Waals surface area contributed by atoms with Gasteiger partial charge in [-0.1, -0.05) is 11.6 Å². The van der Waals surface area contributed by atoms with E-state index in [1.54, 1.807) is 11.0 Å². The van der Waals surface area contributed by atoms with Crippen LogP contribution in [0.25, 0.3) is 0 Å². The van der Waals surface area contributed by atoms with Crippen molar-refractivity contribution in [2.45, 2.75) is 6.42 Å². The predicted octanol–water partition coefficient (Wildman–Crippen LogP) is 2.76. The van der Waals surface area contributed by atoms with Crippen LogP contribution in [0, 0.1) is 11.7 Å². The van der Waals surface area contributed by atoms with E-state index >= 15 is 0 Å². The molecule has 16 heavy (non-hydrogen) atoms. The zero-order chi connectivity index (χ0) is 11.7. The van der Waals surface area contributed by atoms with E-state index in [0.717, 1.165) is 0 Å². The van der Waals surface area contributed by atoms with Crippen LogP contribution in [0.4, 0.5) is 10.1 Å². The van der Waals surface area contributed by atoms with Crippen LogP contribution in [0.3, 0.4) is 0 Å². The lowest BCUT2D eigenvalue weighted by Crippen LogP contribution is -2.24. The predicted molar refractivity (Wildman–Crippen MR) is 65.7 cm³/mol. The molecule has 2 rings (SSSR count). The summed E-state index contributed by atoms with van der Waals surface area (Å²) in [6.07, 6.45) is 0.470. The molecule has 1 fully saturated rings. The second kappa shape index (κ2) is 4.63. The minimum Gasteiger partial charge on any atom is -0.312 e. The van der Waals surface area contributed by atoms with Gasteiger partial charge in [0.1, 0.15) is 5.82 Å². The van der Waals surface area contributed by atoms with E-state index in [1.807, 2.05) is 0 Å². The van der Waals surface area contributed by atoms with E-state index < -0.39 is 5.82 Å². The summed E-state index contributed by atoms with van der Waals surface area (Å²) in [6.45, 7) is 0.585. The lowest BCUT2D eigenvalue weighted by atomic mass is 10.1. The first kappa shape index (κ1) is 11.7. The van der Waals surface area contributed by atoms with Crippen molar-refractivity contribution in [3.8, 4) is 0 Å². The Morgan fingerprint density at radius 1 is 1.50 bits per heavy atom. The molecule has 1 amide bonds. The molecule has 1 heterocycles. The summed E-state index contributed by atoms with van der Waals surface area (Å²) < 4.78 is 13.2. The van der Waals surface area contributed by atoms with E-state index in [4.69, 9.17) is 11.6 Å². The van der Waals surface area contributed by atoms with Gasteiger partial charge in [0.15, 0.2) is 0 Å². The number of carbonyl (C=O) groups excluding carboxylic acids is 1. The first-order valence-electron chi connectivity index (χ1n) is 4.97. The lowest BCUT2D eigenvalue weighted by molar-refractivity contribution is -0.117. The molecule has 5 heteroatoms. The summed E-state index contributed by atoms with van der Waals surface area (Å²) in [6, 6.07) is 4.15. The maximum absolute atomic E-state index is 13.2. The summed E-state index contributed by atoms with van der Waals surface area (Å²) in [5, 5.41) is 0.303. The second-order valence-corrected chi connectivity index (χ2v) is 4.69. The Hall–Kier alpha value is -0.740. The number of rotatable bonds is 2. The monoisotopic (exact) mass is 259 g/mol. The summed E-state index contributed by atoms with van der Waals surface area (Å²) in [5.74, 6) is 0.467. The largest absolute Gasteiger partial charge is 0.312 e. The topological polar surface area (TPSA) is 20.3 Å². The molecule has 0 aliphatic carbocycles. The van der Waals surface area contributed by atoms with Crippen LogP contribution in [0.5, 0.6) is 0 Å². The number of thiol groups is 1. The van der Waals surface area contributed by atoms with Crippen LogP contribution in [-0.2, 0) is 4.79 Å². The van der Waals surface area contributed by atoms with Crippen LogP contribution in [-0.4, -0.2) is 18.2 Å². The SMILES string of the molecule is O=C1CC(CS)CN1c1cc(F)cc(Cl)c1. The van der Waals surface area contributed by atoms with E-state index in [2.05, 4.69) is 12.6 Å². The molecule has 1 aromatic carbocycles. The first-order valence-corrected chi connectivity index (χ1v) is 5.98. The molecule has 0 bridgehead atoms. The summed E-state index contributed by atoms with van der Waals surface area (Å²) in [4.78, 5) is 13.3. The molecule has 1 aromatic rings. The van der Waals surface area contributed by atoms with Crippen LogP contribution >= 0.6 is 24.2 Å². The van der Waals surface area contributed by atoms with Gasteiger partial charge in [0.25, 0.3) is 0 Å². The molecule has 0 radical (unpaired) electrons. The average Bonchev–Trinajstić information content (AvgIpc) is 2.58. The summed E-state index contributed by atoms with van der Waals surface area (Å²) in [7, 11) is 0. The van der Waals surface area contributed by atoms with Crippen molar-refractivity contribution < 1.29 is 9.18 Å². The maximum Gasteiger partial charge on any atom is 0.227 e. The third-order valence-electron chi connectivity index (χ3n) is 2.62. The normalized spacial score (nSPS) is 20.6. The van der Waals surface area contributed by atoms with Crippen molar-refractivity contribution >= 4 is 35.8 Å². The quantitative estimate of drug-likeness (QED) is 0.810. The van der Waals surface area contributed by atoms with E-state index in [0.29, 0.717) is 29.4 Å². The number of nitrogens with zero attached hydrogens (tertiary/aromatic N) is 1. The minimum atomic E-state index is -0.426. The van der Waals surface area contributed by atoms with Crippen molar-refractivity contribution in [2.24, 2.45) is 5.92 Å². The molecule has 86 valence electrons. The molecule has 0 N–H and O–H groups in total. The Kier molecular flexibility index (Phi) is 3.40. The van der Waals surface area contributed by atoms with Gasteiger partial charge < -0.3 is 4.90 Å². The molecular formula is C11H11ClFNOS. The molecule has 1 aliphatic heterocycles. The fourth-order valence-corrected chi connectivity index (χ4v) is 2.31. The van der Waals surface area contributed by atoms with Crippen LogP contribution in [0.2, 0.25) is 5.02 Å². The van der Waals surface area contributed by atoms with Gasteiger partial charge in [0.2, 0.25) is 5.91 Å². The zero-order valence-corrected chi connectivity index (χ0v) is 10.1. The van der Waals surface area contributed by atoms with Crippen molar-refractivity contribution in [2.75, 3.05) is 17.2 Å². The highest BCUT2D eigenvalue weighted by Gasteiger charge is 2.29. The fourth-order valence-electron chi connectivity index (χ4n) is 1.85. The Balaban J connectivity index is 2.27. The molecule has 2 nitrogen and oxygen atoms in total. The highest BCUT2D eigenvalue weighted by Crippen LogP contribution is 2.28. The fraction of sp³-hybridized carbons (Fsp3) is 0.364. The molecule has 1 aliphatic rings. The molecular weight excluding hydrogens is 249 g/mol. The Labute approximate surface area is 104 Å². The molecule has 1 unspecified atom stereocenters. The number of hydrogen-bond donors (Lipinski definition) is 1. The van der Waals surface area contributed by atoms with Crippen LogP contribution < -0.4 is 4.90 Å². The number of halogens is 2. The second-order valence-electron chi connectivity index (χ2n) is 3.88. The third kappa shape index (κ3) is 2.33. The van der Waals surface area contributed by atoms with Gasteiger partial charge in [-0.05, 0) is 29.9 Å². The molecule has 0 aromatic heterocycles. The smallest absolute Gasteiger partial charge is 0.227 e. The highest BCUT2D eigenvalue weighted by molar-refractivity contribution is 7.80. The molecule has 1 atom stereocenters. The van der Waals surface area contributed by atoms with Crippen molar-refractivity contribution in [1.29, 1.82) is 0 Å². The van der Waals surface area contributed by atoms with Gasteiger partial charge in [-0.2, -0.15) is 12.6 Å². The van der Waals surface area contributed by atoms with Gasteiger partial charge in [-0.3, -0.25) is 4.79 Å². The van der Waals surface area contributed by atoms with Gasteiger partial charge in [-0.15, -0.1) is 0 Å². The molecule has 1 saturated heterocycles. The number of anilines is 1. The number of carbonyl (C=O) groups is 1. The Morgan fingerprint density at radius 2 is 2.25 bits per heavy atom. The number of amides is 1. The van der Waals surface area contributed by atoms with Crippen molar-refractivity contribution in [1.82, 2.24) is 0 Å². The average molecular weight is 260 g/mol. The van der Waals surface area contributed by atoms with Crippen LogP contribution in [0.1, 0.15) is 6.42 Å². The minimum absolute atomic E-state index is 0.000664. The molecule has 0 saturated carbocycles. The summed E-state index contributed by atoms with van der Waals surface area (Å²) in [5.41, 5.74) is 0.527. The standard InChI is InChI=1S/C11H11ClFNOS/c12-8-2-9(13)4-10(3-8)14-5-7(6-16)1-11(14)15/h2-4,7,16H,1,5-6H2. The van der Waals surface area contributed by atoms with E-state index in [1.165, 1.54) is 12.1 Å². The lowest BCUT2D eigenvalue weighted by Gasteiger charge is -2.16. The van der Waals surface area contributed by atoms with Gasteiger partial charge in [0.05, 0.1) is 0 Å². The molecule has 0 spiro atoms. The highest BCUT2D eigenvalue weighted by atomic mass is 35.5. The first-order chi connectivity index (χ1) is 7.60. The third-order valence-corrected chi connectivity index (χ3v) is 3.36. The zero-order valence-electron chi connectivity index (χ0n) is 8.49. The van der Waals surface area contributed by atoms with Crippen molar-refractivity contribution in [3.05, 3.63) is 29.0 Å².